The lowest BCUT2D eigenvalue weighted by Crippen LogP contribution is -2.14. The zero-order chi connectivity index (χ0) is 14.6. The molecule has 0 saturated heterocycles. The summed E-state index contributed by atoms with van der Waals surface area (Å²) in [6, 6.07) is 5.95. The Bertz CT molecular complexity index is 689. The van der Waals surface area contributed by atoms with Crippen molar-refractivity contribution in [1.82, 2.24) is 9.97 Å². The molecule has 0 saturated carbocycles. The minimum Gasteiger partial charge on any atom is -0.476 e. The number of aromatic nitrogens is 2. The van der Waals surface area contributed by atoms with Crippen LogP contribution in [0.2, 0.25) is 5.15 Å². The first-order chi connectivity index (χ1) is 9.53. The number of nitrogens with one attached hydrogen (secondary N) is 1. The number of rotatable bonds is 5. The first-order valence-corrected chi connectivity index (χ1v) is 7.61. The van der Waals surface area contributed by atoms with Gasteiger partial charge >= 0.3 is 0 Å². The summed E-state index contributed by atoms with van der Waals surface area (Å²) in [4.78, 5) is 7.73. The molecule has 0 atom stereocenters. The van der Waals surface area contributed by atoms with Crippen molar-refractivity contribution in [3.05, 3.63) is 41.8 Å². The van der Waals surface area contributed by atoms with Gasteiger partial charge in [0.2, 0.25) is 5.88 Å². The Hall–Kier alpha value is -1.86. The highest BCUT2D eigenvalue weighted by molar-refractivity contribution is 7.92. The van der Waals surface area contributed by atoms with Gasteiger partial charge in [0.1, 0.15) is 15.7 Å². The molecular formula is C12H12ClN3O3S. The summed E-state index contributed by atoms with van der Waals surface area (Å²) in [5, 5.41) is 0.223. The highest BCUT2D eigenvalue weighted by Crippen LogP contribution is 2.24. The van der Waals surface area contributed by atoms with Crippen LogP contribution >= 0.6 is 11.6 Å². The largest absolute Gasteiger partial charge is 0.476 e. The summed E-state index contributed by atoms with van der Waals surface area (Å²) < 4.78 is 32.1. The van der Waals surface area contributed by atoms with Crippen LogP contribution in [0.4, 0.5) is 5.69 Å². The highest BCUT2D eigenvalue weighted by Gasteiger charge is 2.17. The molecule has 106 valence electrons. The van der Waals surface area contributed by atoms with Crippen LogP contribution in [0, 0.1) is 0 Å². The van der Waals surface area contributed by atoms with E-state index in [1.54, 1.807) is 19.1 Å². The molecule has 0 fully saturated rings. The standard InChI is InChI=1S/C12H12ClN3O3S/c1-2-19-12-10(4-3-7-14-12)16-20(17,18)9-5-6-11(13)15-8-9/h3-8,16H,2H2,1H3. The number of pyridine rings is 2. The fourth-order valence-corrected chi connectivity index (χ4v) is 2.56. The average Bonchev–Trinajstić information content (AvgIpc) is 2.41. The Labute approximate surface area is 121 Å². The van der Waals surface area contributed by atoms with Crippen LogP contribution in [0.1, 0.15) is 6.92 Å². The van der Waals surface area contributed by atoms with Gasteiger partial charge in [-0.1, -0.05) is 11.6 Å². The van der Waals surface area contributed by atoms with Gasteiger partial charge in [-0.25, -0.2) is 18.4 Å². The lowest BCUT2D eigenvalue weighted by Gasteiger charge is -2.11. The van der Waals surface area contributed by atoms with Gasteiger partial charge in [0.25, 0.3) is 10.0 Å². The number of hydrogen-bond donors (Lipinski definition) is 1. The van der Waals surface area contributed by atoms with Crippen molar-refractivity contribution in [3.63, 3.8) is 0 Å². The lowest BCUT2D eigenvalue weighted by atomic mass is 10.4. The van der Waals surface area contributed by atoms with E-state index in [-0.39, 0.29) is 21.6 Å². The Balaban J connectivity index is 2.31. The zero-order valence-corrected chi connectivity index (χ0v) is 12.1. The zero-order valence-electron chi connectivity index (χ0n) is 10.6. The molecule has 0 aliphatic rings. The summed E-state index contributed by atoms with van der Waals surface area (Å²) in [5.74, 6) is 0.223. The van der Waals surface area contributed by atoms with Crippen LogP contribution < -0.4 is 9.46 Å². The van der Waals surface area contributed by atoms with E-state index in [0.29, 0.717) is 6.61 Å². The second-order valence-electron chi connectivity index (χ2n) is 3.71. The quantitative estimate of drug-likeness (QED) is 0.857. The number of halogens is 1. The number of anilines is 1. The van der Waals surface area contributed by atoms with Gasteiger partial charge in [-0.05, 0) is 31.2 Å². The predicted molar refractivity (Wildman–Crippen MR) is 75.5 cm³/mol. The fraction of sp³-hybridized carbons (Fsp3) is 0.167. The van der Waals surface area contributed by atoms with E-state index in [4.69, 9.17) is 16.3 Å². The molecule has 0 unspecified atom stereocenters. The van der Waals surface area contributed by atoms with Crippen LogP contribution in [0.5, 0.6) is 5.88 Å². The molecule has 0 radical (unpaired) electrons. The van der Waals surface area contributed by atoms with E-state index in [1.807, 2.05) is 0 Å². The van der Waals surface area contributed by atoms with Crippen molar-refractivity contribution in [2.24, 2.45) is 0 Å². The molecule has 6 nitrogen and oxygen atoms in total. The van der Waals surface area contributed by atoms with E-state index in [0.717, 1.165) is 0 Å². The van der Waals surface area contributed by atoms with E-state index < -0.39 is 10.0 Å². The Kier molecular flexibility index (Phi) is 4.41. The molecule has 0 aliphatic carbocycles. The maximum absolute atomic E-state index is 12.2. The molecule has 2 aromatic rings. The van der Waals surface area contributed by atoms with Crippen LogP contribution in [0.15, 0.2) is 41.6 Å². The molecule has 8 heteroatoms. The van der Waals surface area contributed by atoms with E-state index >= 15 is 0 Å². The van der Waals surface area contributed by atoms with Crippen molar-refractivity contribution in [1.29, 1.82) is 0 Å². The number of hydrogen-bond acceptors (Lipinski definition) is 5. The molecule has 0 aliphatic heterocycles. The number of sulfonamides is 1. The third-order valence-corrected chi connectivity index (χ3v) is 3.88. The summed E-state index contributed by atoms with van der Waals surface area (Å²) in [6.07, 6.45) is 2.70. The van der Waals surface area contributed by atoms with Crippen LogP contribution in [-0.2, 0) is 10.0 Å². The van der Waals surface area contributed by atoms with Crippen molar-refractivity contribution < 1.29 is 13.2 Å². The van der Waals surface area contributed by atoms with Crippen molar-refractivity contribution >= 4 is 27.3 Å². The van der Waals surface area contributed by atoms with Gasteiger partial charge in [0.15, 0.2) is 0 Å². The summed E-state index contributed by atoms with van der Waals surface area (Å²) >= 11 is 5.63. The first kappa shape index (κ1) is 14.5. The van der Waals surface area contributed by atoms with Gasteiger partial charge in [-0.2, -0.15) is 0 Å². The Morgan fingerprint density at radius 2 is 2.10 bits per heavy atom. The molecule has 0 bridgehead atoms. The smallest absolute Gasteiger partial charge is 0.263 e. The monoisotopic (exact) mass is 313 g/mol. The van der Waals surface area contributed by atoms with Gasteiger partial charge in [0.05, 0.1) is 6.61 Å². The van der Waals surface area contributed by atoms with Gasteiger partial charge in [-0.3, -0.25) is 4.72 Å². The molecule has 20 heavy (non-hydrogen) atoms. The average molecular weight is 314 g/mol. The molecule has 0 aromatic carbocycles. The van der Waals surface area contributed by atoms with E-state index in [2.05, 4.69) is 14.7 Å². The third-order valence-electron chi connectivity index (χ3n) is 2.31. The van der Waals surface area contributed by atoms with Crippen LogP contribution in [0.3, 0.4) is 0 Å². The van der Waals surface area contributed by atoms with Crippen molar-refractivity contribution in [2.75, 3.05) is 11.3 Å². The highest BCUT2D eigenvalue weighted by atomic mass is 35.5. The molecule has 0 amide bonds. The van der Waals surface area contributed by atoms with Crippen LogP contribution in [0.25, 0.3) is 0 Å². The molecule has 2 aromatic heterocycles. The molecule has 2 rings (SSSR count). The number of ether oxygens (including phenoxy) is 1. The third kappa shape index (κ3) is 3.37. The van der Waals surface area contributed by atoms with Gasteiger partial charge in [0, 0.05) is 12.4 Å². The van der Waals surface area contributed by atoms with E-state index in [1.165, 1.54) is 24.5 Å². The van der Waals surface area contributed by atoms with Crippen LogP contribution in [-0.4, -0.2) is 25.0 Å². The lowest BCUT2D eigenvalue weighted by molar-refractivity contribution is 0.329. The van der Waals surface area contributed by atoms with Gasteiger partial charge in [-0.15, -0.1) is 0 Å². The fourth-order valence-electron chi connectivity index (χ4n) is 1.45. The Morgan fingerprint density at radius 3 is 2.75 bits per heavy atom. The molecule has 1 N–H and O–H groups in total. The van der Waals surface area contributed by atoms with Crippen molar-refractivity contribution in [2.45, 2.75) is 11.8 Å². The molecular weight excluding hydrogens is 302 g/mol. The topological polar surface area (TPSA) is 81.2 Å². The van der Waals surface area contributed by atoms with Gasteiger partial charge < -0.3 is 4.74 Å². The maximum atomic E-state index is 12.2. The minimum atomic E-state index is -3.76. The second-order valence-corrected chi connectivity index (χ2v) is 5.78. The minimum absolute atomic E-state index is 0.00759. The molecule has 0 spiro atoms. The summed E-state index contributed by atoms with van der Waals surface area (Å²) in [5.41, 5.74) is 0.268. The first-order valence-electron chi connectivity index (χ1n) is 5.75. The maximum Gasteiger partial charge on any atom is 0.263 e. The predicted octanol–water partition coefficient (Wildman–Crippen LogP) is 2.33. The summed E-state index contributed by atoms with van der Waals surface area (Å²) in [7, 11) is -3.76. The normalized spacial score (nSPS) is 11.1. The summed E-state index contributed by atoms with van der Waals surface area (Å²) in [6.45, 7) is 2.17. The number of nitrogens with zero attached hydrogens (tertiary/aromatic N) is 2. The van der Waals surface area contributed by atoms with E-state index in [9.17, 15) is 8.42 Å². The Morgan fingerprint density at radius 1 is 1.30 bits per heavy atom. The molecule has 2 heterocycles. The SMILES string of the molecule is CCOc1ncccc1NS(=O)(=O)c1ccc(Cl)nc1. The second kappa shape index (κ2) is 6.06. The van der Waals surface area contributed by atoms with Crippen molar-refractivity contribution in [3.8, 4) is 5.88 Å².